The number of hydrogen-bond acceptors (Lipinski definition) is 3. The highest BCUT2D eigenvalue weighted by Gasteiger charge is 2.01. The Morgan fingerprint density at radius 3 is 1.21 bits per heavy atom. The molecule has 0 amide bonds. The van der Waals surface area contributed by atoms with Gasteiger partial charge >= 0.3 is 0 Å². The van der Waals surface area contributed by atoms with E-state index < -0.39 is 0 Å². The molecule has 0 aliphatic heterocycles. The molecule has 3 nitrogen and oxygen atoms in total. The van der Waals surface area contributed by atoms with Gasteiger partial charge in [0.15, 0.2) is 0 Å². The van der Waals surface area contributed by atoms with Gasteiger partial charge in [-0.3, -0.25) is 0 Å². The lowest BCUT2D eigenvalue weighted by Crippen LogP contribution is -2.36. The SMILES string of the molecule is [B]CN(C)CCN(C)CCN(C)C[B]. The highest BCUT2D eigenvalue weighted by atomic mass is 15.2. The lowest BCUT2D eigenvalue weighted by atomic mass is 10.1. The van der Waals surface area contributed by atoms with Crippen molar-refractivity contribution in [3.05, 3.63) is 0 Å². The van der Waals surface area contributed by atoms with Crippen molar-refractivity contribution < 1.29 is 0 Å². The van der Waals surface area contributed by atoms with Crippen LogP contribution in [0.2, 0.25) is 0 Å². The van der Waals surface area contributed by atoms with E-state index in [9.17, 15) is 0 Å². The first-order chi connectivity index (χ1) is 6.60. The quantitative estimate of drug-likeness (QED) is 0.459. The Morgan fingerprint density at radius 2 is 0.929 bits per heavy atom. The molecule has 0 aromatic carbocycles. The van der Waals surface area contributed by atoms with Crippen LogP contribution in [0.25, 0.3) is 0 Å². The molecular weight excluding hydrogens is 172 g/mol. The van der Waals surface area contributed by atoms with Gasteiger partial charge in [-0.05, 0) is 34.0 Å². The van der Waals surface area contributed by atoms with Crippen molar-refractivity contribution in [3.8, 4) is 0 Å². The van der Waals surface area contributed by atoms with Crippen LogP contribution >= 0.6 is 0 Å². The Morgan fingerprint density at radius 1 is 0.643 bits per heavy atom. The minimum absolute atomic E-state index is 0.622. The van der Waals surface area contributed by atoms with Gasteiger partial charge < -0.3 is 14.7 Å². The van der Waals surface area contributed by atoms with Gasteiger partial charge in [-0.1, -0.05) is 0 Å². The zero-order chi connectivity index (χ0) is 11.0. The molecule has 78 valence electrons. The second-order valence-electron chi connectivity index (χ2n) is 3.83. The van der Waals surface area contributed by atoms with E-state index in [-0.39, 0.29) is 0 Å². The van der Waals surface area contributed by atoms with E-state index in [0.29, 0.717) is 12.9 Å². The molecule has 0 rings (SSSR count). The first-order valence-corrected chi connectivity index (χ1v) is 5.06. The molecular formula is C9H21B2N3. The Labute approximate surface area is 91.2 Å². The summed E-state index contributed by atoms with van der Waals surface area (Å²) in [7, 11) is 17.1. The average molecular weight is 193 g/mol. The van der Waals surface area contributed by atoms with Crippen LogP contribution in [0.15, 0.2) is 0 Å². The molecule has 14 heavy (non-hydrogen) atoms. The third kappa shape index (κ3) is 7.42. The molecule has 0 saturated carbocycles. The molecule has 0 spiro atoms. The Bertz CT molecular complexity index is 121. The summed E-state index contributed by atoms with van der Waals surface area (Å²) in [4.78, 5) is 6.49. The molecule has 0 aromatic heterocycles. The summed E-state index contributed by atoms with van der Waals surface area (Å²) in [5.41, 5.74) is 0. The Hall–Kier alpha value is 0.00987. The standard InChI is InChI=1S/C9H21B2N3/c1-12(4-6-13(2)8-10)5-7-14(3)9-11/h4-9H2,1-3H3. The van der Waals surface area contributed by atoms with Gasteiger partial charge in [-0.25, -0.2) is 0 Å². The van der Waals surface area contributed by atoms with E-state index in [2.05, 4.69) is 21.7 Å². The molecule has 0 aliphatic rings. The molecule has 0 saturated heterocycles. The van der Waals surface area contributed by atoms with E-state index in [1.54, 1.807) is 0 Å². The van der Waals surface area contributed by atoms with Crippen molar-refractivity contribution in [2.45, 2.75) is 0 Å². The second kappa shape index (κ2) is 8.33. The smallest absolute Gasteiger partial charge is 0.0863 e. The zero-order valence-corrected chi connectivity index (χ0v) is 9.74. The van der Waals surface area contributed by atoms with Gasteiger partial charge in [0.2, 0.25) is 0 Å². The summed E-state index contributed by atoms with van der Waals surface area (Å²) in [5.74, 6) is 0. The average Bonchev–Trinajstić information content (AvgIpc) is 2.22. The van der Waals surface area contributed by atoms with E-state index in [0.717, 1.165) is 26.2 Å². The topological polar surface area (TPSA) is 9.72 Å². The fraction of sp³-hybridized carbons (Fsp3) is 1.00. The summed E-state index contributed by atoms with van der Waals surface area (Å²) in [6.45, 7) is 4.12. The highest BCUT2D eigenvalue weighted by Crippen LogP contribution is 1.87. The van der Waals surface area contributed by atoms with Crippen LogP contribution in [0.5, 0.6) is 0 Å². The summed E-state index contributed by atoms with van der Waals surface area (Å²) < 4.78 is 0. The number of rotatable bonds is 8. The predicted molar refractivity (Wildman–Crippen MR) is 64.0 cm³/mol. The molecule has 0 atom stereocenters. The fourth-order valence-corrected chi connectivity index (χ4v) is 0.977. The summed E-state index contributed by atoms with van der Waals surface area (Å²) >= 11 is 0. The van der Waals surface area contributed by atoms with E-state index in [1.165, 1.54) is 0 Å². The van der Waals surface area contributed by atoms with Crippen molar-refractivity contribution in [3.63, 3.8) is 0 Å². The molecule has 0 bridgehead atoms. The fourth-order valence-electron chi connectivity index (χ4n) is 0.977. The van der Waals surface area contributed by atoms with Crippen LogP contribution in [0.3, 0.4) is 0 Å². The van der Waals surface area contributed by atoms with E-state index >= 15 is 0 Å². The minimum atomic E-state index is 0.622. The van der Waals surface area contributed by atoms with Crippen molar-refractivity contribution in [1.82, 2.24) is 14.7 Å². The Balaban J connectivity index is 3.40. The highest BCUT2D eigenvalue weighted by molar-refractivity contribution is 6.08. The normalized spacial score (nSPS) is 11.9. The van der Waals surface area contributed by atoms with Crippen molar-refractivity contribution in [2.75, 3.05) is 60.2 Å². The predicted octanol–water partition coefficient (Wildman–Crippen LogP) is -0.966. The maximum Gasteiger partial charge on any atom is 0.0863 e. The van der Waals surface area contributed by atoms with Crippen LogP contribution in [0, 0.1) is 0 Å². The van der Waals surface area contributed by atoms with Crippen LogP contribution in [0.4, 0.5) is 0 Å². The minimum Gasteiger partial charge on any atom is -0.314 e. The van der Waals surface area contributed by atoms with E-state index in [4.69, 9.17) is 15.7 Å². The lowest BCUT2D eigenvalue weighted by Gasteiger charge is -2.23. The zero-order valence-electron chi connectivity index (χ0n) is 9.74. The molecule has 0 fully saturated rings. The molecule has 5 heteroatoms. The van der Waals surface area contributed by atoms with Gasteiger partial charge in [-0.15, -0.1) is 0 Å². The maximum absolute atomic E-state index is 5.48. The molecule has 4 radical (unpaired) electrons. The third-order valence-electron chi connectivity index (χ3n) is 2.35. The van der Waals surface area contributed by atoms with Gasteiger partial charge in [0, 0.05) is 26.2 Å². The van der Waals surface area contributed by atoms with Crippen molar-refractivity contribution >= 4 is 15.7 Å². The van der Waals surface area contributed by atoms with Gasteiger partial charge in [0.1, 0.15) is 0 Å². The largest absolute Gasteiger partial charge is 0.314 e. The summed E-state index contributed by atoms with van der Waals surface area (Å²) in [6, 6.07) is 0. The first kappa shape index (κ1) is 14.0. The first-order valence-electron chi connectivity index (χ1n) is 5.06. The summed E-state index contributed by atoms with van der Waals surface area (Å²) in [5, 5.41) is 0. The molecule has 0 aliphatic carbocycles. The second-order valence-corrected chi connectivity index (χ2v) is 3.83. The van der Waals surface area contributed by atoms with Gasteiger partial charge in [0.25, 0.3) is 0 Å². The monoisotopic (exact) mass is 193 g/mol. The van der Waals surface area contributed by atoms with Crippen molar-refractivity contribution in [1.29, 1.82) is 0 Å². The molecule has 0 aromatic rings. The number of hydrogen-bond donors (Lipinski definition) is 0. The maximum atomic E-state index is 5.48. The third-order valence-corrected chi connectivity index (χ3v) is 2.35. The number of nitrogens with zero attached hydrogens (tertiary/aromatic N) is 3. The summed E-state index contributed by atoms with van der Waals surface area (Å²) in [6.07, 6.45) is 1.24. The van der Waals surface area contributed by atoms with Gasteiger partial charge in [-0.2, -0.15) is 0 Å². The lowest BCUT2D eigenvalue weighted by molar-refractivity contribution is 0.247. The van der Waals surface area contributed by atoms with Crippen LogP contribution < -0.4 is 0 Å². The van der Waals surface area contributed by atoms with E-state index in [1.807, 2.05) is 14.1 Å². The Kier molecular flexibility index (Phi) is 8.33. The molecule has 0 unspecified atom stereocenters. The van der Waals surface area contributed by atoms with Crippen LogP contribution in [0.1, 0.15) is 0 Å². The molecule has 0 heterocycles. The van der Waals surface area contributed by atoms with Crippen molar-refractivity contribution in [2.24, 2.45) is 0 Å². The molecule has 0 N–H and O–H groups in total. The van der Waals surface area contributed by atoms with Crippen LogP contribution in [-0.2, 0) is 0 Å². The van der Waals surface area contributed by atoms with Gasteiger partial charge in [0.05, 0.1) is 15.7 Å². The van der Waals surface area contributed by atoms with Crippen LogP contribution in [-0.4, -0.2) is 90.6 Å². The number of likely N-dealkylation sites (N-methyl/N-ethyl adjacent to an activating group) is 3.